The SMILES string of the molecule is COc1ccc2[nH]c3c(c2c1)C[C@](NC(C)=O)(C(=O)N[C@H](C(N)=O)C(C)C)CC3. The molecule has 8 nitrogen and oxygen atoms in total. The van der Waals surface area contributed by atoms with Crippen molar-refractivity contribution in [3.05, 3.63) is 29.5 Å². The Hall–Kier alpha value is -3.03. The van der Waals surface area contributed by atoms with Crippen molar-refractivity contribution in [1.82, 2.24) is 15.6 Å². The highest BCUT2D eigenvalue weighted by atomic mass is 16.5. The lowest BCUT2D eigenvalue weighted by atomic mass is 9.78. The van der Waals surface area contributed by atoms with Crippen LogP contribution >= 0.6 is 0 Å². The van der Waals surface area contributed by atoms with Crippen molar-refractivity contribution in [2.75, 3.05) is 7.11 Å². The molecule has 0 spiro atoms. The number of ether oxygens (including phenoxy) is 1. The summed E-state index contributed by atoms with van der Waals surface area (Å²) in [5.41, 5.74) is 7.27. The fourth-order valence-corrected chi connectivity index (χ4v) is 4.09. The molecule has 0 fully saturated rings. The molecule has 156 valence electrons. The average molecular weight is 400 g/mol. The first-order valence-electron chi connectivity index (χ1n) is 9.73. The van der Waals surface area contributed by atoms with Crippen LogP contribution in [0.15, 0.2) is 18.2 Å². The molecule has 0 unspecified atom stereocenters. The Bertz CT molecular complexity index is 965. The number of methoxy groups -OCH3 is 1. The first-order chi connectivity index (χ1) is 13.7. The Labute approximate surface area is 169 Å². The molecule has 1 aromatic carbocycles. The quantitative estimate of drug-likeness (QED) is 0.580. The largest absolute Gasteiger partial charge is 0.497 e. The third kappa shape index (κ3) is 3.92. The van der Waals surface area contributed by atoms with Crippen molar-refractivity contribution in [3.8, 4) is 5.75 Å². The maximum Gasteiger partial charge on any atom is 0.246 e. The standard InChI is InChI=1S/C21H28N4O4/c1-11(2)18(19(22)27)24-20(28)21(25-12(3)26)8-7-17-15(10-21)14-9-13(29-4)5-6-16(14)23-17/h5-6,9,11,18,23H,7-8,10H2,1-4H3,(H2,22,27)(H,24,28)(H,25,26)/t18-,21-/m0/s1. The summed E-state index contributed by atoms with van der Waals surface area (Å²) in [7, 11) is 1.60. The van der Waals surface area contributed by atoms with E-state index in [0.29, 0.717) is 25.0 Å². The topological polar surface area (TPSA) is 126 Å². The molecule has 1 aromatic heterocycles. The van der Waals surface area contributed by atoms with Gasteiger partial charge in [0.1, 0.15) is 17.3 Å². The van der Waals surface area contributed by atoms with Crippen LogP contribution in [-0.4, -0.2) is 41.4 Å². The summed E-state index contributed by atoms with van der Waals surface area (Å²) >= 11 is 0. The van der Waals surface area contributed by atoms with Crippen LogP contribution in [0.3, 0.4) is 0 Å². The van der Waals surface area contributed by atoms with E-state index < -0.39 is 23.4 Å². The summed E-state index contributed by atoms with van der Waals surface area (Å²) < 4.78 is 5.34. The predicted octanol–water partition coefficient (Wildman–Crippen LogP) is 1.17. The van der Waals surface area contributed by atoms with Crippen LogP contribution in [0.5, 0.6) is 5.75 Å². The molecule has 0 saturated carbocycles. The number of hydrogen-bond acceptors (Lipinski definition) is 4. The third-order valence-corrected chi connectivity index (χ3v) is 5.59. The smallest absolute Gasteiger partial charge is 0.246 e. The summed E-state index contributed by atoms with van der Waals surface area (Å²) in [6, 6.07) is 4.93. The van der Waals surface area contributed by atoms with Gasteiger partial charge in [0.2, 0.25) is 17.7 Å². The number of aryl methyl sites for hydroxylation is 1. The summed E-state index contributed by atoms with van der Waals surface area (Å²) in [5.74, 6) is -0.746. The molecular formula is C21H28N4O4. The van der Waals surface area contributed by atoms with Gasteiger partial charge in [-0.1, -0.05) is 13.8 Å². The van der Waals surface area contributed by atoms with Crippen molar-refractivity contribution < 1.29 is 19.1 Å². The van der Waals surface area contributed by atoms with Crippen LogP contribution in [0.4, 0.5) is 0 Å². The van der Waals surface area contributed by atoms with E-state index in [0.717, 1.165) is 22.2 Å². The number of benzene rings is 1. The van der Waals surface area contributed by atoms with Crippen LogP contribution in [0.25, 0.3) is 10.9 Å². The number of fused-ring (bicyclic) bond motifs is 3. The van der Waals surface area contributed by atoms with E-state index in [9.17, 15) is 14.4 Å². The van der Waals surface area contributed by atoms with Gasteiger partial charge in [0, 0.05) is 29.9 Å². The van der Waals surface area contributed by atoms with Gasteiger partial charge in [-0.25, -0.2) is 0 Å². The first-order valence-corrected chi connectivity index (χ1v) is 9.73. The molecular weight excluding hydrogens is 372 g/mol. The van der Waals surface area contributed by atoms with E-state index in [1.54, 1.807) is 7.11 Å². The second-order valence-corrected chi connectivity index (χ2v) is 8.03. The van der Waals surface area contributed by atoms with Gasteiger partial charge in [0.25, 0.3) is 0 Å². The lowest BCUT2D eigenvalue weighted by molar-refractivity contribution is -0.136. The zero-order valence-corrected chi connectivity index (χ0v) is 17.2. The summed E-state index contributed by atoms with van der Waals surface area (Å²) in [5, 5.41) is 6.57. The van der Waals surface area contributed by atoms with Crippen molar-refractivity contribution in [3.63, 3.8) is 0 Å². The van der Waals surface area contributed by atoms with E-state index in [1.807, 2.05) is 32.0 Å². The molecule has 8 heteroatoms. The number of carbonyl (C=O) groups excluding carboxylic acids is 3. The summed E-state index contributed by atoms with van der Waals surface area (Å²) in [6.45, 7) is 5.01. The fraction of sp³-hybridized carbons (Fsp3) is 0.476. The maximum atomic E-state index is 13.3. The molecule has 0 aliphatic heterocycles. The van der Waals surface area contributed by atoms with Crippen molar-refractivity contribution in [1.29, 1.82) is 0 Å². The van der Waals surface area contributed by atoms with Crippen molar-refractivity contribution in [2.24, 2.45) is 11.7 Å². The molecule has 1 aliphatic carbocycles. The normalized spacial score (nSPS) is 19.5. The second-order valence-electron chi connectivity index (χ2n) is 8.03. The minimum absolute atomic E-state index is 0.165. The van der Waals surface area contributed by atoms with Gasteiger partial charge in [-0.15, -0.1) is 0 Å². The lowest BCUT2D eigenvalue weighted by Crippen LogP contribution is -2.64. The number of primary amides is 1. The molecule has 1 heterocycles. The van der Waals surface area contributed by atoms with E-state index in [1.165, 1.54) is 6.92 Å². The van der Waals surface area contributed by atoms with Crippen LogP contribution in [-0.2, 0) is 27.2 Å². The lowest BCUT2D eigenvalue weighted by Gasteiger charge is -2.37. The van der Waals surface area contributed by atoms with Crippen molar-refractivity contribution >= 4 is 28.6 Å². The highest BCUT2D eigenvalue weighted by molar-refractivity contribution is 5.96. The zero-order chi connectivity index (χ0) is 21.3. The number of carbonyl (C=O) groups is 3. The average Bonchev–Trinajstić information content (AvgIpc) is 3.01. The third-order valence-electron chi connectivity index (χ3n) is 5.59. The van der Waals surface area contributed by atoms with E-state index in [2.05, 4.69) is 15.6 Å². The molecule has 3 rings (SSSR count). The molecule has 2 aromatic rings. The number of H-pyrrole nitrogens is 1. The zero-order valence-electron chi connectivity index (χ0n) is 17.2. The van der Waals surface area contributed by atoms with Gasteiger partial charge in [-0.3, -0.25) is 14.4 Å². The number of rotatable bonds is 6. The number of hydrogen-bond donors (Lipinski definition) is 4. The summed E-state index contributed by atoms with van der Waals surface area (Å²) in [6.07, 6.45) is 1.31. The van der Waals surface area contributed by atoms with Crippen LogP contribution in [0.1, 0.15) is 38.4 Å². The molecule has 0 bridgehead atoms. The van der Waals surface area contributed by atoms with Gasteiger partial charge >= 0.3 is 0 Å². The number of amides is 3. The molecule has 5 N–H and O–H groups in total. The van der Waals surface area contributed by atoms with Crippen molar-refractivity contribution in [2.45, 2.75) is 51.6 Å². The Morgan fingerprint density at radius 3 is 2.59 bits per heavy atom. The number of nitrogens with one attached hydrogen (secondary N) is 3. The van der Waals surface area contributed by atoms with Gasteiger partial charge < -0.3 is 26.1 Å². The fourth-order valence-electron chi connectivity index (χ4n) is 4.09. The minimum atomic E-state index is -1.15. The molecule has 3 amide bonds. The van der Waals surface area contributed by atoms with E-state index in [4.69, 9.17) is 10.5 Å². The molecule has 1 aliphatic rings. The van der Waals surface area contributed by atoms with E-state index in [-0.39, 0.29) is 11.8 Å². The number of nitrogens with two attached hydrogens (primary N) is 1. The Kier molecular flexibility index (Phi) is 5.55. The Morgan fingerprint density at radius 2 is 2.00 bits per heavy atom. The van der Waals surface area contributed by atoms with Crippen LogP contribution in [0, 0.1) is 5.92 Å². The maximum absolute atomic E-state index is 13.3. The van der Waals surface area contributed by atoms with Gasteiger partial charge in [-0.2, -0.15) is 0 Å². The number of aromatic amines is 1. The second kappa shape index (κ2) is 7.77. The van der Waals surface area contributed by atoms with E-state index >= 15 is 0 Å². The van der Waals surface area contributed by atoms with Gasteiger partial charge in [0.15, 0.2) is 0 Å². The highest BCUT2D eigenvalue weighted by Gasteiger charge is 2.44. The molecule has 0 saturated heterocycles. The Morgan fingerprint density at radius 1 is 1.28 bits per heavy atom. The molecule has 2 atom stereocenters. The Balaban J connectivity index is 2.01. The predicted molar refractivity (Wildman–Crippen MR) is 109 cm³/mol. The van der Waals surface area contributed by atoms with Crippen LogP contribution < -0.4 is 21.1 Å². The minimum Gasteiger partial charge on any atom is -0.497 e. The van der Waals surface area contributed by atoms with Gasteiger partial charge in [-0.05, 0) is 42.5 Å². The first kappa shape index (κ1) is 20.7. The summed E-state index contributed by atoms with van der Waals surface area (Å²) in [4.78, 5) is 40.5. The van der Waals surface area contributed by atoms with Crippen LogP contribution in [0.2, 0.25) is 0 Å². The highest BCUT2D eigenvalue weighted by Crippen LogP contribution is 2.36. The molecule has 29 heavy (non-hydrogen) atoms. The number of aromatic nitrogens is 1. The molecule has 0 radical (unpaired) electrons. The monoisotopic (exact) mass is 400 g/mol. The van der Waals surface area contributed by atoms with Gasteiger partial charge in [0.05, 0.1) is 7.11 Å².